The van der Waals surface area contributed by atoms with E-state index in [-0.39, 0.29) is 29.5 Å². The molecule has 2 aliphatic heterocycles. The lowest BCUT2D eigenvalue weighted by molar-refractivity contribution is 0.0696. The number of likely N-dealkylation sites (tertiary alicyclic amines) is 1. The van der Waals surface area contributed by atoms with Crippen LogP contribution in [0.25, 0.3) is 0 Å². The number of carbonyl (C=O) groups is 2. The highest BCUT2D eigenvalue weighted by Crippen LogP contribution is 2.37. The van der Waals surface area contributed by atoms with Crippen LogP contribution in [0.5, 0.6) is 11.6 Å². The zero-order chi connectivity index (χ0) is 29.9. The standard InChI is InChI=1S/C34H33FN4O4/c1-23-26(9-16-32(36-23)43-30-14-7-25(8-15-30)33(40)41)21-37-19-17-29(18-20-37)39-31(24-5-3-2-4-6-24)22-38(34(39)42)28-12-10-27(35)11-13-28/h2-16,29,31H,17-22H2,1H3,(H,40,41)/t31-/m0/s1. The van der Waals surface area contributed by atoms with E-state index in [4.69, 9.17) is 9.84 Å². The monoisotopic (exact) mass is 580 g/mol. The Kier molecular flexibility index (Phi) is 8.07. The summed E-state index contributed by atoms with van der Waals surface area (Å²) in [7, 11) is 0. The Morgan fingerprint density at radius 1 is 0.953 bits per heavy atom. The fraction of sp³-hybridized carbons (Fsp3) is 0.265. The molecule has 3 aromatic carbocycles. The molecule has 3 heterocycles. The number of hydrogen-bond acceptors (Lipinski definition) is 5. The Bertz CT molecular complexity index is 1590. The number of anilines is 1. The first-order chi connectivity index (χ1) is 20.9. The average molecular weight is 581 g/mol. The Hall–Kier alpha value is -4.76. The number of pyridine rings is 1. The zero-order valence-corrected chi connectivity index (χ0v) is 23.9. The largest absolute Gasteiger partial charge is 0.478 e. The summed E-state index contributed by atoms with van der Waals surface area (Å²) in [5.41, 5.74) is 3.99. The van der Waals surface area contributed by atoms with Gasteiger partial charge in [-0.2, -0.15) is 0 Å². The Balaban J connectivity index is 1.10. The first-order valence-electron chi connectivity index (χ1n) is 14.5. The molecule has 0 radical (unpaired) electrons. The number of benzene rings is 3. The minimum Gasteiger partial charge on any atom is -0.478 e. The van der Waals surface area contributed by atoms with Gasteiger partial charge >= 0.3 is 12.0 Å². The maximum Gasteiger partial charge on any atom is 0.335 e. The molecule has 8 nitrogen and oxygen atoms in total. The number of hydrogen-bond donors (Lipinski definition) is 1. The summed E-state index contributed by atoms with van der Waals surface area (Å²) in [6.45, 7) is 4.93. The number of aromatic nitrogens is 1. The molecule has 0 unspecified atom stereocenters. The van der Waals surface area contributed by atoms with Crippen molar-refractivity contribution in [2.24, 2.45) is 0 Å². The molecular formula is C34H33FN4O4. The van der Waals surface area contributed by atoms with Crippen LogP contribution in [0.2, 0.25) is 0 Å². The molecule has 9 heteroatoms. The third-order valence-electron chi connectivity index (χ3n) is 8.30. The average Bonchev–Trinajstić information content (AvgIpc) is 3.37. The number of rotatable bonds is 8. The van der Waals surface area contributed by atoms with E-state index in [0.29, 0.717) is 23.9 Å². The number of piperidine rings is 1. The van der Waals surface area contributed by atoms with Gasteiger partial charge in [0.1, 0.15) is 11.6 Å². The van der Waals surface area contributed by atoms with Crippen molar-refractivity contribution < 1.29 is 23.8 Å². The van der Waals surface area contributed by atoms with Crippen LogP contribution < -0.4 is 9.64 Å². The molecule has 1 atom stereocenters. The van der Waals surface area contributed by atoms with Crippen molar-refractivity contribution in [2.45, 2.75) is 38.4 Å². The number of carbonyl (C=O) groups excluding carboxylic acids is 1. The van der Waals surface area contributed by atoms with Gasteiger partial charge in [-0.15, -0.1) is 0 Å². The zero-order valence-electron chi connectivity index (χ0n) is 23.9. The predicted octanol–water partition coefficient (Wildman–Crippen LogP) is 6.67. The molecule has 4 aromatic rings. The van der Waals surface area contributed by atoms with Crippen LogP contribution in [0, 0.1) is 12.7 Å². The van der Waals surface area contributed by atoms with Gasteiger partial charge in [-0.25, -0.2) is 19.0 Å². The molecule has 2 aliphatic rings. The highest BCUT2D eigenvalue weighted by molar-refractivity contribution is 5.95. The van der Waals surface area contributed by atoms with E-state index in [9.17, 15) is 14.0 Å². The van der Waals surface area contributed by atoms with E-state index in [0.717, 1.165) is 49.3 Å². The molecule has 220 valence electrons. The van der Waals surface area contributed by atoms with E-state index >= 15 is 0 Å². The lowest BCUT2D eigenvalue weighted by Crippen LogP contribution is -2.47. The van der Waals surface area contributed by atoms with Gasteiger partial charge in [0.25, 0.3) is 0 Å². The first-order valence-corrected chi connectivity index (χ1v) is 14.5. The second kappa shape index (κ2) is 12.2. The van der Waals surface area contributed by atoms with Crippen molar-refractivity contribution in [2.75, 3.05) is 24.5 Å². The van der Waals surface area contributed by atoms with Crippen LogP contribution >= 0.6 is 0 Å². The predicted molar refractivity (Wildman–Crippen MR) is 161 cm³/mol. The number of carboxylic acids is 1. The quantitative estimate of drug-likeness (QED) is 0.251. The highest BCUT2D eigenvalue weighted by atomic mass is 19.1. The number of amides is 2. The molecule has 43 heavy (non-hydrogen) atoms. The summed E-state index contributed by atoms with van der Waals surface area (Å²) in [5, 5.41) is 9.08. The van der Waals surface area contributed by atoms with E-state index in [1.54, 1.807) is 29.2 Å². The summed E-state index contributed by atoms with van der Waals surface area (Å²) in [6, 6.07) is 26.3. The summed E-state index contributed by atoms with van der Waals surface area (Å²) in [5.74, 6) is -0.328. The van der Waals surface area contributed by atoms with Crippen molar-refractivity contribution in [3.05, 3.63) is 119 Å². The second-order valence-corrected chi connectivity index (χ2v) is 11.0. The third kappa shape index (κ3) is 6.22. The molecule has 0 spiro atoms. The van der Waals surface area contributed by atoms with Gasteiger partial charge in [0, 0.05) is 43.1 Å². The van der Waals surface area contributed by atoms with Crippen LogP contribution in [0.4, 0.5) is 14.9 Å². The second-order valence-electron chi connectivity index (χ2n) is 11.0. The smallest absolute Gasteiger partial charge is 0.335 e. The third-order valence-corrected chi connectivity index (χ3v) is 8.30. The van der Waals surface area contributed by atoms with Gasteiger partial charge in [0.05, 0.1) is 18.2 Å². The number of aromatic carboxylic acids is 1. The lowest BCUT2D eigenvalue weighted by Gasteiger charge is -2.39. The number of carboxylic acid groups (broad SMARTS) is 1. The van der Waals surface area contributed by atoms with Gasteiger partial charge < -0.3 is 14.7 Å². The van der Waals surface area contributed by atoms with Crippen molar-refractivity contribution in [3.63, 3.8) is 0 Å². The van der Waals surface area contributed by atoms with Gasteiger partial charge in [0.15, 0.2) is 0 Å². The van der Waals surface area contributed by atoms with Crippen LogP contribution in [0.3, 0.4) is 0 Å². The Morgan fingerprint density at radius 3 is 2.30 bits per heavy atom. The van der Waals surface area contributed by atoms with Gasteiger partial charge in [-0.3, -0.25) is 9.80 Å². The fourth-order valence-corrected chi connectivity index (χ4v) is 5.97. The molecular weight excluding hydrogens is 547 g/mol. The molecule has 0 bridgehead atoms. The minimum atomic E-state index is -0.982. The van der Waals surface area contributed by atoms with Crippen molar-refractivity contribution in [1.29, 1.82) is 0 Å². The van der Waals surface area contributed by atoms with E-state index < -0.39 is 5.97 Å². The van der Waals surface area contributed by atoms with Crippen LogP contribution in [-0.2, 0) is 6.54 Å². The number of urea groups is 1. The van der Waals surface area contributed by atoms with Gasteiger partial charge in [0.2, 0.25) is 5.88 Å². The number of nitrogens with zero attached hydrogens (tertiary/aromatic N) is 4. The minimum absolute atomic E-state index is 0.0351. The van der Waals surface area contributed by atoms with E-state index in [1.165, 1.54) is 24.3 Å². The van der Waals surface area contributed by atoms with Crippen LogP contribution in [-0.4, -0.2) is 57.6 Å². The normalized spacial score (nSPS) is 17.8. The highest BCUT2D eigenvalue weighted by Gasteiger charge is 2.43. The maximum atomic E-state index is 13.8. The van der Waals surface area contributed by atoms with Crippen LogP contribution in [0.1, 0.15) is 46.1 Å². The topological polar surface area (TPSA) is 86.2 Å². The molecule has 2 amide bonds. The molecule has 1 N–H and O–H groups in total. The molecule has 2 fully saturated rings. The molecule has 6 rings (SSSR count). The van der Waals surface area contributed by atoms with Crippen LogP contribution in [0.15, 0.2) is 91.0 Å². The molecule has 0 saturated carbocycles. The summed E-state index contributed by atoms with van der Waals surface area (Å²) in [6.07, 6.45) is 1.71. The van der Waals surface area contributed by atoms with E-state index in [1.807, 2.05) is 42.2 Å². The Labute approximate surface area is 250 Å². The first kappa shape index (κ1) is 28.4. The molecule has 2 saturated heterocycles. The summed E-state index contributed by atoms with van der Waals surface area (Å²) in [4.78, 5) is 35.7. The number of aryl methyl sites for hydroxylation is 1. The van der Waals surface area contributed by atoms with Gasteiger partial charge in [-0.1, -0.05) is 36.4 Å². The fourth-order valence-electron chi connectivity index (χ4n) is 5.97. The van der Waals surface area contributed by atoms with E-state index in [2.05, 4.69) is 22.0 Å². The molecule has 0 aliphatic carbocycles. The van der Waals surface area contributed by atoms with Crippen molar-refractivity contribution >= 4 is 17.7 Å². The van der Waals surface area contributed by atoms with Crippen molar-refractivity contribution in [1.82, 2.24) is 14.8 Å². The van der Waals surface area contributed by atoms with Gasteiger partial charge in [-0.05, 0) is 79.4 Å². The lowest BCUT2D eigenvalue weighted by atomic mass is 9.98. The number of ether oxygens (including phenoxy) is 1. The Morgan fingerprint density at radius 2 is 1.65 bits per heavy atom. The number of halogens is 1. The summed E-state index contributed by atoms with van der Waals surface area (Å²) < 4.78 is 19.4. The summed E-state index contributed by atoms with van der Waals surface area (Å²) >= 11 is 0. The molecule has 1 aromatic heterocycles. The maximum absolute atomic E-state index is 13.8. The SMILES string of the molecule is Cc1nc(Oc2ccc(C(=O)O)cc2)ccc1CN1CCC(N2C(=O)N(c3ccc(F)cc3)C[C@H]2c2ccccc2)CC1. The van der Waals surface area contributed by atoms with Crippen molar-refractivity contribution in [3.8, 4) is 11.6 Å².